The van der Waals surface area contributed by atoms with Crippen LogP contribution in [-0.4, -0.2) is 5.75 Å². The van der Waals surface area contributed by atoms with Crippen molar-refractivity contribution in [3.05, 3.63) is 24.0 Å². The van der Waals surface area contributed by atoms with Crippen LogP contribution in [0.15, 0.2) is 23.1 Å². The molecule has 68 valence electrons. The smallest absolute Gasteiger partial charge is 0.125 e. The fourth-order valence-corrected chi connectivity index (χ4v) is 1.70. The Balaban J connectivity index is 2.62. The van der Waals surface area contributed by atoms with Gasteiger partial charge in [-0.3, -0.25) is 0 Å². The van der Waals surface area contributed by atoms with Gasteiger partial charge >= 0.3 is 0 Å². The quantitative estimate of drug-likeness (QED) is 0.347. The van der Waals surface area contributed by atoms with Gasteiger partial charge in [0.15, 0.2) is 0 Å². The van der Waals surface area contributed by atoms with Crippen LogP contribution in [0.1, 0.15) is 6.42 Å². The molecule has 0 atom stereocenters. The molecule has 0 aliphatic rings. The van der Waals surface area contributed by atoms with E-state index >= 15 is 0 Å². The molecule has 0 radical (unpaired) electrons. The normalized spacial score (nSPS) is 9.54. The van der Waals surface area contributed by atoms with Crippen molar-refractivity contribution < 1.29 is 4.39 Å². The number of thioether (sulfide) groups is 1. The van der Waals surface area contributed by atoms with Crippen LogP contribution in [0.4, 0.5) is 10.1 Å². The summed E-state index contributed by atoms with van der Waals surface area (Å²) < 4.78 is 12.6. The van der Waals surface area contributed by atoms with E-state index in [2.05, 4.69) is 5.92 Å². The maximum absolute atomic E-state index is 12.6. The molecule has 1 rings (SSSR count). The summed E-state index contributed by atoms with van der Waals surface area (Å²) in [6.07, 6.45) is 5.80. The molecular weight excluding hydrogens is 185 g/mol. The first-order valence-electron chi connectivity index (χ1n) is 3.85. The summed E-state index contributed by atoms with van der Waals surface area (Å²) in [5.41, 5.74) is 6.07. The number of terminal acetylenes is 1. The Kier molecular flexibility index (Phi) is 3.66. The summed E-state index contributed by atoms with van der Waals surface area (Å²) in [6, 6.07) is 4.39. The minimum Gasteiger partial charge on any atom is -0.398 e. The standard InChI is InChI=1S/C10H10FNS/c1-2-3-6-13-10-5-4-8(11)7-9(10)12/h1,4-5,7H,3,6,12H2. The Labute approximate surface area is 81.5 Å². The summed E-state index contributed by atoms with van der Waals surface area (Å²) >= 11 is 1.55. The van der Waals surface area contributed by atoms with Gasteiger partial charge in [0.05, 0.1) is 0 Å². The lowest BCUT2D eigenvalue weighted by Crippen LogP contribution is -1.90. The van der Waals surface area contributed by atoms with E-state index in [9.17, 15) is 4.39 Å². The van der Waals surface area contributed by atoms with E-state index in [0.29, 0.717) is 12.1 Å². The number of anilines is 1. The molecule has 0 aromatic heterocycles. The second-order valence-electron chi connectivity index (χ2n) is 2.48. The van der Waals surface area contributed by atoms with E-state index < -0.39 is 0 Å². The summed E-state index contributed by atoms with van der Waals surface area (Å²) in [6.45, 7) is 0. The van der Waals surface area contributed by atoms with E-state index in [4.69, 9.17) is 12.2 Å². The van der Waals surface area contributed by atoms with Crippen molar-refractivity contribution in [2.45, 2.75) is 11.3 Å². The predicted octanol–water partition coefficient (Wildman–Crippen LogP) is 2.52. The van der Waals surface area contributed by atoms with E-state index in [0.717, 1.165) is 10.6 Å². The van der Waals surface area contributed by atoms with Gasteiger partial charge in [0.1, 0.15) is 5.82 Å². The maximum atomic E-state index is 12.6. The van der Waals surface area contributed by atoms with Crippen molar-refractivity contribution in [1.29, 1.82) is 0 Å². The first kappa shape index (κ1) is 9.94. The number of hydrogen-bond donors (Lipinski definition) is 1. The van der Waals surface area contributed by atoms with Crippen LogP contribution < -0.4 is 5.73 Å². The first-order valence-corrected chi connectivity index (χ1v) is 4.84. The molecule has 0 unspecified atom stereocenters. The van der Waals surface area contributed by atoms with E-state index in [1.54, 1.807) is 17.8 Å². The fraction of sp³-hybridized carbons (Fsp3) is 0.200. The predicted molar refractivity (Wildman–Crippen MR) is 55.0 cm³/mol. The van der Waals surface area contributed by atoms with Gasteiger partial charge in [-0.2, -0.15) is 0 Å². The third-order valence-corrected chi connectivity index (χ3v) is 2.57. The van der Waals surface area contributed by atoms with Gasteiger partial charge in [0, 0.05) is 22.8 Å². The Morgan fingerprint density at radius 3 is 2.92 bits per heavy atom. The lowest BCUT2D eigenvalue weighted by atomic mass is 10.3. The van der Waals surface area contributed by atoms with Gasteiger partial charge in [-0.1, -0.05) is 0 Å². The van der Waals surface area contributed by atoms with Crippen LogP contribution in [0.5, 0.6) is 0 Å². The number of nitrogen functional groups attached to an aromatic ring is 1. The van der Waals surface area contributed by atoms with Crippen molar-refractivity contribution in [1.82, 2.24) is 0 Å². The lowest BCUT2D eigenvalue weighted by molar-refractivity contribution is 0.627. The number of benzene rings is 1. The van der Waals surface area contributed by atoms with Gasteiger partial charge in [-0.25, -0.2) is 4.39 Å². The molecule has 0 aliphatic carbocycles. The molecule has 1 nitrogen and oxygen atoms in total. The summed E-state index contributed by atoms with van der Waals surface area (Å²) in [7, 11) is 0. The Morgan fingerprint density at radius 1 is 1.54 bits per heavy atom. The van der Waals surface area contributed by atoms with Crippen LogP contribution in [0, 0.1) is 18.2 Å². The topological polar surface area (TPSA) is 26.0 Å². The molecular formula is C10H10FNS. The SMILES string of the molecule is C#CCCSc1ccc(F)cc1N. The molecule has 0 heterocycles. The minimum atomic E-state index is -0.307. The van der Waals surface area contributed by atoms with Crippen molar-refractivity contribution in [3.63, 3.8) is 0 Å². The van der Waals surface area contributed by atoms with Gasteiger partial charge in [0.2, 0.25) is 0 Å². The molecule has 0 saturated heterocycles. The molecule has 13 heavy (non-hydrogen) atoms. The Morgan fingerprint density at radius 2 is 2.31 bits per heavy atom. The number of nitrogens with two attached hydrogens (primary N) is 1. The van der Waals surface area contributed by atoms with Crippen LogP contribution >= 0.6 is 11.8 Å². The zero-order valence-electron chi connectivity index (χ0n) is 7.09. The summed E-state index contributed by atoms with van der Waals surface area (Å²) in [5.74, 6) is 3.04. The van der Waals surface area contributed by atoms with E-state index in [1.807, 2.05) is 0 Å². The van der Waals surface area contributed by atoms with E-state index in [-0.39, 0.29) is 5.82 Å². The van der Waals surface area contributed by atoms with Gasteiger partial charge < -0.3 is 5.73 Å². The molecule has 0 spiro atoms. The number of rotatable bonds is 3. The molecule has 0 bridgehead atoms. The second kappa shape index (κ2) is 4.78. The van der Waals surface area contributed by atoms with Crippen molar-refractivity contribution in [2.75, 3.05) is 11.5 Å². The molecule has 2 N–H and O–H groups in total. The highest BCUT2D eigenvalue weighted by Gasteiger charge is 2.00. The van der Waals surface area contributed by atoms with Gasteiger partial charge in [-0.05, 0) is 18.2 Å². The molecule has 0 aliphatic heterocycles. The highest BCUT2D eigenvalue weighted by molar-refractivity contribution is 7.99. The van der Waals surface area contributed by atoms with Crippen LogP contribution in [0.2, 0.25) is 0 Å². The first-order chi connectivity index (χ1) is 6.24. The molecule has 3 heteroatoms. The van der Waals surface area contributed by atoms with Gasteiger partial charge in [0.25, 0.3) is 0 Å². The molecule has 0 fully saturated rings. The van der Waals surface area contributed by atoms with Crippen LogP contribution in [0.25, 0.3) is 0 Å². The average Bonchev–Trinajstić information content (AvgIpc) is 2.09. The summed E-state index contributed by atoms with van der Waals surface area (Å²) in [4.78, 5) is 0.886. The minimum absolute atomic E-state index is 0.307. The third kappa shape index (κ3) is 3.00. The molecule has 1 aromatic rings. The zero-order valence-corrected chi connectivity index (χ0v) is 7.90. The zero-order chi connectivity index (χ0) is 9.68. The summed E-state index contributed by atoms with van der Waals surface area (Å²) in [5, 5.41) is 0. The van der Waals surface area contributed by atoms with Crippen LogP contribution in [-0.2, 0) is 0 Å². The molecule has 0 saturated carbocycles. The highest BCUT2D eigenvalue weighted by atomic mass is 32.2. The Bertz CT molecular complexity index is 330. The van der Waals surface area contributed by atoms with Crippen molar-refractivity contribution >= 4 is 17.4 Å². The monoisotopic (exact) mass is 195 g/mol. The van der Waals surface area contributed by atoms with Gasteiger partial charge in [-0.15, -0.1) is 24.1 Å². The van der Waals surface area contributed by atoms with Crippen molar-refractivity contribution in [3.8, 4) is 12.3 Å². The highest BCUT2D eigenvalue weighted by Crippen LogP contribution is 2.25. The maximum Gasteiger partial charge on any atom is 0.125 e. The van der Waals surface area contributed by atoms with Crippen LogP contribution in [0.3, 0.4) is 0 Å². The van der Waals surface area contributed by atoms with E-state index in [1.165, 1.54) is 12.1 Å². The number of hydrogen-bond acceptors (Lipinski definition) is 2. The average molecular weight is 195 g/mol. The second-order valence-corrected chi connectivity index (χ2v) is 3.62. The largest absolute Gasteiger partial charge is 0.398 e. The molecule has 1 aromatic carbocycles. The third-order valence-electron chi connectivity index (χ3n) is 1.48. The molecule has 0 amide bonds. The lowest BCUT2D eigenvalue weighted by Gasteiger charge is -2.03. The number of halogens is 1. The fourth-order valence-electron chi connectivity index (χ4n) is 0.871. The Hall–Kier alpha value is -1.14. The van der Waals surface area contributed by atoms with Crippen molar-refractivity contribution in [2.24, 2.45) is 0 Å².